The van der Waals surface area contributed by atoms with Gasteiger partial charge in [0.2, 0.25) is 5.91 Å². The molecule has 0 aromatic carbocycles. The standard InChI is InChI=1S/C12H10BrN3O/c1-2-3-4-5-12(17)16-11-7-6-9(13)10(8-14)15-11/h1,6-7H,3-5H2,(H,15,16,17). The van der Waals surface area contributed by atoms with Gasteiger partial charge in [-0.25, -0.2) is 4.98 Å². The molecule has 0 aliphatic heterocycles. The Hall–Kier alpha value is -1.85. The summed E-state index contributed by atoms with van der Waals surface area (Å²) in [6.07, 6.45) is 6.65. The summed E-state index contributed by atoms with van der Waals surface area (Å²) < 4.78 is 0.602. The summed E-state index contributed by atoms with van der Waals surface area (Å²) in [7, 11) is 0. The number of anilines is 1. The Morgan fingerprint density at radius 1 is 1.59 bits per heavy atom. The molecule has 0 radical (unpaired) electrons. The van der Waals surface area contributed by atoms with Crippen LogP contribution < -0.4 is 5.32 Å². The number of rotatable bonds is 4. The van der Waals surface area contributed by atoms with Crippen molar-refractivity contribution in [2.45, 2.75) is 19.3 Å². The number of pyridine rings is 1. The average Bonchev–Trinajstić information content (AvgIpc) is 2.32. The molecule has 4 nitrogen and oxygen atoms in total. The molecule has 1 aromatic rings. The number of amides is 1. The molecule has 0 spiro atoms. The minimum atomic E-state index is -0.154. The molecule has 0 bridgehead atoms. The van der Waals surface area contributed by atoms with Crippen LogP contribution >= 0.6 is 15.9 Å². The molecule has 1 aromatic heterocycles. The van der Waals surface area contributed by atoms with E-state index in [1.54, 1.807) is 12.1 Å². The third-order valence-corrected chi connectivity index (χ3v) is 2.58. The van der Waals surface area contributed by atoms with Crippen molar-refractivity contribution in [2.24, 2.45) is 0 Å². The zero-order valence-corrected chi connectivity index (χ0v) is 10.6. The first-order chi connectivity index (χ1) is 8.17. The van der Waals surface area contributed by atoms with E-state index in [2.05, 4.69) is 32.2 Å². The Bertz CT molecular complexity index is 499. The SMILES string of the molecule is C#CCCCC(=O)Nc1ccc(Br)c(C#N)n1. The first kappa shape index (κ1) is 13.2. The highest BCUT2D eigenvalue weighted by Crippen LogP contribution is 2.16. The lowest BCUT2D eigenvalue weighted by molar-refractivity contribution is -0.116. The number of nitriles is 1. The third-order valence-electron chi connectivity index (χ3n) is 1.94. The number of nitrogens with one attached hydrogen (secondary N) is 1. The number of hydrogen-bond donors (Lipinski definition) is 1. The molecule has 5 heteroatoms. The first-order valence-electron chi connectivity index (χ1n) is 4.97. The van der Waals surface area contributed by atoms with Crippen LogP contribution in [0, 0.1) is 23.7 Å². The summed E-state index contributed by atoms with van der Waals surface area (Å²) in [5, 5.41) is 11.4. The predicted octanol–water partition coefficient (Wildman–Crippen LogP) is 2.46. The van der Waals surface area contributed by atoms with Crippen LogP contribution in [0.25, 0.3) is 0 Å². The van der Waals surface area contributed by atoms with Crippen LogP contribution in [0.15, 0.2) is 16.6 Å². The number of nitrogens with zero attached hydrogens (tertiary/aromatic N) is 2. The zero-order valence-electron chi connectivity index (χ0n) is 9.03. The predicted molar refractivity (Wildman–Crippen MR) is 68.0 cm³/mol. The van der Waals surface area contributed by atoms with Crippen LogP contribution in [0.1, 0.15) is 25.0 Å². The van der Waals surface area contributed by atoms with Crippen LogP contribution in [0.3, 0.4) is 0 Å². The van der Waals surface area contributed by atoms with E-state index in [-0.39, 0.29) is 11.6 Å². The van der Waals surface area contributed by atoms with Gasteiger partial charge in [-0.15, -0.1) is 12.3 Å². The second-order valence-electron chi connectivity index (χ2n) is 3.24. The first-order valence-corrected chi connectivity index (χ1v) is 5.76. The normalized spacial score (nSPS) is 9.12. The van der Waals surface area contributed by atoms with E-state index in [1.165, 1.54) is 0 Å². The van der Waals surface area contributed by atoms with Gasteiger partial charge in [-0.2, -0.15) is 5.26 Å². The number of carbonyl (C=O) groups excluding carboxylic acids is 1. The molecule has 86 valence electrons. The van der Waals surface area contributed by atoms with Gasteiger partial charge >= 0.3 is 0 Å². The van der Waals surface area contributed by atoms with Crippen LogP contribution in [-0.4, -0.2) is 10.9 Å². The van der Waals surface area contributed by atoms with Crippen molar-refractivity contribution in [2.75, 3.05) is 5.32 Å². The van der Waals surface area contributed by atoms with Gasteiger partial charge in [-0.05, 0) is 34.5 Å². The summed E-state index contributed by atoms with van der Waals surface area (Å²) in [6, 6.07) is 5.22. The molecule has 0 aliphatic carbocycles. The highest BCUT2D eigenvalue weighted by Gasteiger charge is 2.06. The molecule has 0 fully saturated rings. The van der Waals surface area contributed by atoms with Gasteiger partial charge in [0, 0.05) is 12.8 Å². The molecule has 1 amide bonds. The van der Waals surface area contributed by atoms with Crippen molar-refractivity contribution < 1.29 is 4.79 Å². The second-order valence-corrected chi connectivity index (χ2v) is 4.10. The van der Waals surface area contributed by atoms with E-state index in [1.807, 2.05) is 6.07 Å². The fourth-order valence-electron chi connectivity index (χ4n) is 1.15. The van der Waals surface area contributed by atoms with Gasteiger partial charge < -0.3 is 5.32 Å². The van der Waals surface area contributed by atoms with E-state index in [9.17, 15) is 4.79 Å². The summed E-state index contributed by atoms with van der Waals surface area (Å²) in [4.78, 5) is 15.4. The average molecular weight is 292 g/mol. The van der Waals surface area contributed by atoms with Crippen molar-refractivity contribution >= 4 is 27.7 Å². The van der Waals surface area contributed by atoms with E-state index in [0.29, 0.717) is 29.6 Å². The maximum absolute atomic E-state index is 11.5. The molecule has 0 aliphatic rings. The highest BCUT2D eigenvalue weighted by atomic mass is 79.9. The summed E-state index contributed by atoms with van der Waals surface area (Å²) in [5.74, 6) is 2.68. The lowest BCUT2D eigenvalue weighted by atomic mass is 10.2. The largest absolute Gasteiger partial charge is 0.311 e. The molecule has 1 N–H and O–H groups in total. The minimum absolute atomic E-state index is 0.154. The van der Waals surface area contributed by atoms with Gasteiger partial charge in [0.1, 0.15) is 11.9 Å². The smallest absolute Gasteiger partial charge is 0.225 e. The number of unbranched alkanes of at least 4 members (excludes halogenated alkanes) is 1. The third kappa shape index (κ3) is 4.26. The summed E-state index contributed by atoms with van der Waals surface area (Å²) in [5.41, 5.74) is 0.242. The van der Waals surface area contributed by atoms with Gasteiger partial charge in [0.25, 0.3) is 0 Å². The summed E-state index contributed by atoms with van der Waals surface area (Å²) in [6.45, 7) is 0. The fraction of sp³-hybridized carbons (Fsp3) is 0.250. The van der Waals surface area contributed by atoms with Crippen LogP contribution in [0.4, 0.5) is 5.82 Å². The van der Waals surface area contributed by atoms with Crippen LogP contribution in [-0.2, 0) is 4.79 Å². The van der Waals surface area contributed by atoms with Crippen LogP contribution in [0.5, 0.6) is 0 Å². The lowest BCUT2D eigenvalue weighted by Gasteiger charge is -2.04. The lowest BCUT2D eigenvalue weighted by Crippen LogP contribution is -2.12. The van der Waals surface area contributed by atoms with Gasteiger partial charge in [-0.3, -0.25) is 4.79 Å². The molecule has 17 heavy (non-hydrogen) atoms. The molecule has 1 rings (SSSR count). The molecule has 1 heterocycles. The fourth-order valence-corrected chi connectivity index (χ4v) is 1.46. The van der Waals surface area contributed by atoms with Crippen molar-refractivity contribution in [1.82, 2.24) is 4.98 Å². The zero-order chi connectivity index (χ0) is 12.7. The molecule has 0 saturated heterocycles. The molecule has 0 unspecified atom stereocenters. The molecular formula is C12H10BrN3O. The number of halogens is 1. The second kappa shape index (κ2) is 6.67. The monoisotopic (exact) mass is 291 g/mol. The highest BCUT2D eigenvalue weighted by molar-refractivity contribution is 9.10. The quantitative estimate of drug-likeness (QED) is 0.684. The van der Waals surface area contributed by atoms with E-state index < -0.39 is 0 Å². The van der Waals surface area contributed by atoms with Crippen molar-refractivity contribution in [3.8, 4) is 18.4 Å². The Labute approximate surface area is 108 Å². The van der Waals surface area contributed by atoms with E-state index in [4.69, 9.17) is 11.7 Å². The number of hydrogen-bond acceptors (Lipinski definition) is 3. The van der Waals surface area contributed by atoms with E-state index in [0.717, 1.165) is 0 Å². The van der Waals surface area contributed by atoms with Crippen molar-refractivity contribution in [3.63, 3.8) is 0 Å². The van der Waals surface area contributed by atoms with Gasteiger partial charge in [-0.1, -0.05) is 0 Å². The summed E-state index contributed by atoms with van der Waals surface area (Å²) >= 11 is 3.19. The number of terminal acetylenes is 1. The van der Waals surface area contributed by atoms with Gasteiger partial charge in [0.15, 0.2) is 5.69 Å². The molecular weight excluding hydrogens is 282 g/mol. The topological polar surface area (TPSA) is 65.8 Å². The van der Waals surface area contributed by atoms with Gasteiger partial charge in [0.05, 0.1) is 4.47 Å². The minimum Gasteiger partial charge on any atom is -0.311 e. The van der Waals surface area contributed by atoms with E-state index >= 15 is 0 Å². The Morgan fingerprint density at radius 3 is 3.00 bits per heavy atom. The Morgan fingerprint density at radius 2 is 2.35 bits per heavy atom. The van der Waals surface area contributed by atoms with Crippen LogP contribution in [0.2, 0.25) is 0 Å². The Balaban J connectivity index is 2.61. The Kier molecular flexibility index (Phi) is 5.19. The van der Waals surface area contributed by atoms with Crippen molar-refractivity contribution in [1.29, 1.82) is 5.26 Å². The number of aromatic nitrogens is 1. The van der Waals surface area contributed by atoms with Crippen molar-refractivity contribution in [3.05, 3.63) is 22.3 Å². The number of carbonyl (C=O) groups is 1. The molecule has 0 atom stereocenters. The maximum atomic E-state index is 11.5. The molecule has 0 saturated carbocycles. The maximum Gasteiger partial charge on any atom is 0.225 e.